The van der Waals surface area contributed by atoms with Crippen LogP contribution in [-0.2, 0) is 0 Å². The average Bonchev–Trinajstić information content (AvgIpc) is 3.62. The molecule has 3 heterocycles. The third-order valence-corrected chi connectivity index (χ3v) is 6.56. The van der Waals surface area contributed by atoms with Crippen LogP contribution in [0.3, 0.4) is 0 Å². The van der Waals surface area contributed by atoms with Crippen LogP contribution < -0.4 is 0 Å². The maximum atomic E-state index is 9.68. The van der Waals surface area contributed by atoms with Crippen LogP contribution in [0.2, 0.25) is 0 Å². The molecular weight excluding hydrogens is 368 g/mol. The molecule has 0 saturated heterocycles. The van der Waals surface area contributed by atoms with Gasteiger partial charge in [0.05, 0.1) is 21.6 Å². The molecule has 1 aromatic carbocycles. The number of pyridine rings is 1. The van der Waals surface area contributed by atoms with Crippen molar-refractivity contribution in [1.29, 1.82) is 5.26 Å². The summed E-state index contributed by atoms with van der Waals surface area (Å²) in [5, 5.41) is 20.7. The van der Waals surface area contributed by atoms with Gasteiger partial charge < -0.3 is 4.57 Å². The fourth-order valence-electron chi connectivity index (χ4n) is 3.88. The van der Waals surface area contributed by atoms with Gasteiger partial charge in [-0.05, 0) is 68.1 Å². The summed E-state index contributed by atoms with van der Waals surface area (Å²) >= 11 is 1.63. The zero-order valence-corrected chi connectivity index (χ0v) is 16.3. The number of aromatic nitrogens is 5. The number of hydrogen-bond acceptors (Lipinski definition) is 5. The molecule has 0 unspecified atom stereocenters. The van der Waals surface area contributed by atoms with Crippen LogP contribution in [0.25, 0.3) is 16.7 Å². The van der Waals surface area contributed by atoms with Crippen LogP contribution in [0.1, 0.15) is 54.6 Å². The van der Waals surface area contributed by atoms with Gasteiger partial charge >= 0.3 is 0 Å². The van der Waals surface area contributed by atoms with Gasteiger partial charge in [-0.15, -0.1) is 10.2 Å². The molecule has 6 nitrogen and oxygen atoms in total. The number of nitriles is 1. The van der Waals surface area contributed by atoms with Gasteiger partial charge in [0.2, 0.25) is 0 Å². The maximum absolute atomic E-state index is 9.68. The minimum Gasteiger partial charge on any atom is -0.302 e. The predicted octanol–water partition coefficient (Wildman–Crippen LogP) is 4.62. The molecule has 0 aliphatic heterocycles. The number of hydrogen-bond donors (Lipinski definition) is 0. The zero-order chi connectivity index (χ0) is 18.8. The van der Waals surface area contributed by atoms with E-state index in [2.05, 4.69) is 37.4 Å². The third-order valence-electron chi connectivity index (χ3n) is 5.59. The number of para-hydroxylation sites is 2. The van der Waals surface area contributed by atoms with Crippen LogP contribution in [0, 0.1) is 18.3 Å². The number of rotatable bonds is 4. The summed E-state index contributed by atoms with van der Waals surface area (Å²) in [6.07, 6.45) is 4.87. The van der Waals surface area contributed by atoms with Crippen molar-refractivity contribution in [1.82, 2.24) is 24.1 Å². The molecule has 2 fully saturated rings. The van der Waals surface area contributed by atoms with E-state index >= 15 is 0 Å². The first-order valence-corrected chi connectivity index (χ1v) is 10.5. The second kappa shape index (κ2) is 5.82. The number of nitrogens with zero attached hydrogens (tertiary/aromatic N) is 6. The summed E-state index contributed by atoms with van der Waals surface area (Å²) < 4.78 is 4.45. The molecule has 0 radical (unpaired) electrons. The van der Waals surface area contributed by atoms with Crippen molar-refractivity contribution >= 4 is 28.4 Å². The Morgan fingerprint density at radius 2 is 1.96 bits per heavy atom. The van der Waals surface area contributed by atoms with Gasteiger partial charge in [-0.2, -0.15) is 5.26 Å². The van der Waals surface area contributed by atoms with Crippen molar-refractivity contribution in [2.45, 2.75) is 54.7 Å². The summed E-state index contributed by atoms with van der Waals surface area (Å²) in [6, 6.07) is 13.0. The number of aryl methyl sites for hydroxylation is 1. The lowest BCUT2D eigenvalue weighted by Crippen LogP contribution is -2.03. The average molecular weight is 386 g/mol. The largest absolute Gasteiger partial charge is 0.302 e. The van der Waals surface area contributed by atoms with Gasteiger partial charge in [0.25, 0.3) is 0 Å². The van der Waals surface area contributed by atoms with E-state index in [1.54, 1.807) is 11.8 Å². The summed E-state index contributed by atoms with van der Waals surface area (Å²) in [5.41, 5.74) is 4.19. The summed E-state index contributed by atoms with van der Waals surface area (Å²) in [4.78, 5) is 4.75. The second-order valence-corrected chi connectivity index (χ2v) is 8.72. The maximum Gasteiger partial charge on any atom is 0.197 e. The quantitative estimate of drug-likeness (QED) is 0.512. The van der Waals surface area contributed by atoms with Crippen LogP contribution in [0.15, 0.2) is 40.5 Å². The molecule has 7 heteroatoms. The SMILES string of the molecule is Cc1cc(Sc2nnc(C3CC3)n2C2CC2)n2c(nc3ccccc32)c1C#N. The summed E-state index contributed by atoms with van der Waals surface area (Å²) in [5.74, 6) is 1.74. The van der Waals surface area contributed by atoms with E-state index in [0.29, 0.717) is 23.2 Å². The highest BCUT2D eigenvalue weighted by Gasteiger charge is 2.36. The highest BCUT2D eigenvalue weighted by Crippen LogP contribution is 2.47. The molecule has 28 heavy (non-hydrogen) atoms. The molecule has 2 aliphatic rings. The van der Waals surface area contributed by atoms with Gasteiger partial charge in [-0.3, -0.25) is 4.40 Å². The number of benzene rings is 1. The normalized spacial score (nSPS) is 16.7. The van der Waals surface area contributed by atoms with E-state index in [1.807, 2.05) is 25.1 Å². The van der Waals surface area contributed by atoms with E-state index < -0.39 is 0 Å². The highest BCUT2D eigenvalue weighted by atomic mass is 32.2. The van der Waals surface area contributed by atoms with E-state index in [4.69, 9.17) is 4.98 Å². The van der Waals surface area contributed by atoms with Gasteiger partial charge in [0.1, 0.15) is 11.9 Å². The molecule has 3 aromatic heterocycles. The van der Waals surface area contributed by atoms with Gasteiger partial charge in [-0.25, -0.2) is 4.98 Å². The van der Waals surface area contributed by atoms with Crippen molar-refractivity contribution in [3.8, 4) is 6.07 Å². The Labute approximate surface area is 166 Å². The summed E-state index contributed by atoms with van der Waals surface area (Å²) in [7, 11) is 0. The molecule has 0 N–H and O–H groups in total. The molecule has 0 bridgehead atoms. The molecule has 0 spiro atoms. The number of fused-ring (bicyclic) bond motifs is 3. The minimum atomic E-state index is 0.544. The lowest BCUT2D eigenvalue weighted by molar-refractivity contribution is 0.626. The van der Waals surface area contributed by atoms with Crippen molar-refractivity contribution in [2.24, 2.45) is 0 Å². The molecule has 2 aliphatic carbocycles. The predicted molar refractivity (Wildman–Crippen MR) is 107 cm³/mol. The van der Waals surface area contributed by atoms with Crippen LogP contribution in [0.5, 0.6) is 0 Å². The lowest BCUT2D eigenvalue weighted by Gasteiger charge is -2.11. The van der Waals surface area contributed by atoms with Gasteiger partial charge in [-0.1, -0.05) is 12.1 Å². The van der Waals surface area contributed by atoms with E-state index in [1.165, 1.54) is 25.7 Å². The second-order valence-electron chi connectivity index (χ2n) is 7.73. The van der Waals surface area contributed by atoms with Crippen LogP contribution >= 0.6 is 11.8 Å². The monoisotopic (exact) mass is 386 g/mol. The van der Waals surface area contributed by atoms with Gasteiger partial charge in [0, 0.05) is 12.0 Å². The Hall–Kier alpha value is -2.85. The van der Waals surface area contributed by atoms with E-state index in [-0.39, 0.29) is 0 Å². The molecule has 6 rings (SSSR count). The van der Waals surface area contributed by atoms with Crippen molar-refractivity contribution in [2.75, 3.05) is 0 Å². The third kappa shape index (κ3) is 2.38. The standard InChI is InChI=1S/C21H18N6S/c1-12-10-18(27-17-5-3-2-4-16(17)23-20(27)15(12)11-22)28-21-25-24-19(13-6-7-13)26(21)14-8-9-14/h2-5,10,13-14H,6-9H2,1H3. The Kier molecular flexibility index (Phi) is 3.36. The first-order valence-electron chi connectivity index (χ1n) is 9.68. The Morgan fingerprint density at radius 3 is 2.71 bits per heavy atom. The molecule has 4 aromatic rings. The van der Waals surface area contributed by atoms with Crippen molar-refractivity contribution < 1.29 is 0 Å². The molecule has 0 amide bonds. The Morgan fingerprint density at radius 1 is 1.14 bits per heavy atom. The molecule has 0 atom stereocenters. The first-order chi connectivity index (χ1) is 13.7. The first kappa shape index (κ1) is 16.1. The van der Waals surface area contributed by atoms with Crippen LogP contribution in [0.4, 0.5) is 0 Å². The molecular formula is C21H18N6S. The fraction of sp³-hybridized carbons (Fsp3) is 0.333. The van der Waals surface area contributed by atoms with Crippen LogP contribution in [-0.4, -0.2) is 24.1 Å². The minimum absolute atomic E-state index is 0.544. The Bertz CT molecular complexity index is 1290. The smallest absolute Gasteiger partial charge is 0.197 e. The van der Waals surface area contributed by atoms with Crippen molar-refractivity contribution in [3.05, 3.63) is 47.3 Å². The fourth-order valence-corrected chi connectivity index (χ4v) is 5.00. The van der Waals surface area contributed by atoms with Crippen molar-refractivity contribution in [3.63, 3.8) is 0 Å². The van der Waals surface area contributed by atoms with E-state index in [9.17, 15) is 5.26 Å². The van der Waals surface area contributed by atoms with E-state index in [0.717, 1.165) is 32.6 Å². The zero-order valence-electron chi connectivity index (χ0n) is 15.5. The molecule has 2 saturated carbocycles. The lowest BCUT2D eigenvalue weighted by atomic mass is 10.2. The Balaban J connectivity index is 1.57. The summed E-state index contributed by atoms with van der Waals surface area (Å²) in [6.45, 7) is 1.98. The molecule has 138 valence electrons. The van der Waals surface area contributed by atoms with Gasteiger partial charge in [0.15, 0.2) is 10.8 Å². The topological polar surface area (TPSA) is 71.8 Å². The highest BCUT2D eigenvalue weighted by molar-refractivity contribution is 7.99. The number of imidazole rings is 1.